The number of imide groups is 1. The van der Waals surface area contributed by atoms with E-state index in [9.17, 15) is 14.4 Å². The summed E-state index contributed by atoms with van der Waals surface area (Å²) >= 11 is 0. The molecule has 1 fully saturated rings. The zero-order chi connectivity index (χ0) is 15.6. The Morgan fingerprint density at radius 1 is 1.29 bits per heavy atom. The van der Waals surface area contributed by atoms with E-state index in [0.29, 0.717) is 17.8 Å². The molecule has 0 spiro atoms. The summed E-state index contributed by atoms with van der Waals surface area (Å²) in [4.78, 5) is 36.9. The molecule has 0 aliphatic carbocycles. The molecule has 21 heavy (non-hydrogen) atoms. The molecule has 1 aliphatic rings. The number of nitrogens with one attached hydrogen (secondary N) is 1. The van der Waals surface area contributed by atoms with Crippen LogP contribution in [0.1, 0.15) is 33.6 Å². The highest BCUT2D eigenvalue weighted by Gasteiger charge is 2.40. The van der Waals surface area contributed by atoms with E-state index in [1.54, 1.807) is 31.2 Å². The van der Waals surface area contributed by atoms with Crippen LogP contribution in [0.2, 0.25) is 0 Å². The molecule has 5 heteroatoms. The normalized spacial score (nSPS) is 18.5. The zero-order valence-corrected chi connectivity index (χ0v) is 12.6. The van der Waals surface area contributed by atoms with Crippen molar-refractivity contribution in [3.8, 4) is 0 Å². The standard InChI is InChI=1S/C16H20N2O3/c1-4-14(19)17-11-5-7-12(8-6-11)18-15(20)9-13(10(2)3)16(18)21/h5-8,10,13H,4,9H2,1-3H3,(H,17,19). The Kier molecular flexibility index (Phi) is 4.40. The first-order valence-electron chi connectivity index (χ1n) is 7.20. The van der Waals surface area contributed by atoms with Gasteiger partial charge in [-0.05, 0) is 30.2 Å². The molecule has 112 valence electrons. The molecular formula is C16H20N2O3. The fourth-order valence-corrected chi connectivity index (χ4v) is 2.39. The lowest BCUT2D eigenvalue weighted by Gasteiger charge is -2.17. The van der Waals surface area contributed by atoms with Crippen molar-refractivity contribution in [2.24, 2.45) is 11.8 Å². The Hall–Kier alpha value is -2.17. The second kappa shape index (κ2) is 6.08. The maximum atomic E-state index is 12.3. The first-order valence-corrected chi connectivity index (χ1v) is 7.20. The van der Waals surface area contributed by atoms with Gasteiger partial charge in [-0.15, -0.1) is 0 Å². The van der Waals surface area contributed by atoms with Crippen molar-refractivity contribution < 1.29 is 14.4 Å². The molecule has 1 unspecified atom stereocenters. The van der Waals surface area contributed by atoms with Crippen molar-refractivity contribution in [2.45, 2.75) is 33.6 Å². The Morgan fingerprint density at radius 2 is 1.90 bits per heavy atom. The van der Waals surface area contributed by atoms with Crippen LogP contribution in [-0.4, -0.2) is 17.7 Å². The molecule has 1 saturated heterocycles. The minimum atomic E-state index is -0.239. The van der Waals surface area contributed by atoms with Gasteiger partial charge in [0.1, 0.15) is 0 Å². The van der Waals surface area contributed by atoms with Gasteiger partial charge in [-0.3, -0.25) is 19.3 Å². The average Bonchev–Trinajstić information content (AvgIpc) is 2.75. The fraction of sp³-hybridized carbons (Fsp3) is 0.438. The summed E-state index contributed by atoms with van der Waals surface area (Å²) in [5.41, 5.74) is 1.22. The molecule has 3 amide bonds. The van der Waals surface area contributed by atoms with E-state index < -0.39 is 0 Å². The molecule has 1 aliphatic heterocycles. The quantitative estimate of drug-likeness (QED) is 0.866. The van der Waals surface area contributed by atoms with Crippen molar-refractivity contribution >= 4 is 29.1 Å². The summed E-state index contributed by atoms with van der Waals surface area (Å²) in [6.45, 7) is 5.67. The number of hydrogen-bond acceptors (Lipinski definition) is 3. The predicted octanol–water partition coefficient (Wildman–Crippen LogP) is 2.57. The molecule has 1 heterocycles. The van der Waals surface area contributed by atoms with Gasteiger partial charge in [0.25, 0.3) is 0 Å². The van der Waals surface area contributed by atoms with Crippen molar-refractivity contribution in [3.05, 3.63) is 24.3 Å². The van der Waals surface area contributed by atoms with Crippen LogP contribution < -0.4 is 10.2 Å². The lowest BCUT2D eigenvalue weighted by atomic mass is 9.94. The Labute approximate surface area is 124 Å². The lowest BCUT2D eigenvalue weighted by molar-refractivity contribution is -0.123. The van der Waals surface area contributed by atoms with Crippen LogP contribution in [0.4, 0.5) is 11.4 Å². The highest BCUT2D eigenvalue weighted by molar-refractivity contribution is 6.21. The molecule has 1 aromatic rings. The Bertz CT molecular complexity index is 563. The second-order valence-electron chi connectivity index (χ2n) is 5.57. The zero-order valence-electron chi connectivity index (χ0n) is 12.6. The first kappa shape index (κ1) is 15.2. The van der Waals surface area contributed by atoms with Gasteiger partial charge in [-0.25, -0.2) is 0 Å². The van der Waals surface area contributed by atoms with E-state index >= 15 is 0 Å². The van der Waals surface area contributed by atoms with Gasteiger partial charge in [0.05, 0.1) is 11.6 Å². The van der Waals surface area contributed by atoms with Crippen molar-refractivity contribution in [2.75, 3.05) is 10.2 Å². The highest BCUT2D eigenvalue weighted by Crippen LogP contribution is 2.31. The van der Waals surface area contributed by atoms with Crippen LogP contribution in [0, 0.1) is 11.8 Å². The maximum Gasteiger partial charge on any atom is 0.237 e. The van der Waals surface area contributed by atoms with Crippen LogP contribution in [0.3, 0.4) is 0 Å². The molecule has 0 radical (unpaired) electrons. The van der Waals surface area contributed by atoms with Gasteiger partial charge in [-0.1, -0.05) is 20.8 Å². The number of amides is 3. The van der Waals surface area contributed by atoms with Gasteiger partial charge in [0.2, 0.25) is 17.7 Å². The second-order valence-corrected chi connectivity index (χ2v) is 5.57. The van der Waals surface area contributed by atoms with Crippen molar-refractivity contribution in [1.29, 1.82) is 0 Å². The number of rotatable bonds is 4. The lowest BCUT2D eigenvalue weighted by Crippen LogP contribution is -2.31. The van der Waals surface area contributed by atoms with E-state index in [1.807, 2.05) is 13.8 Å². The minimum Gasteiger partial charge on any atom is -0.326 e. The van der Waals surface area contributed by atoms with E-state index in [0.717, 1.165) is 0 Å². The molecule has 0 saturated carbocycles. The summed E-state index contributed by atoms with van der Waals surface area (Å²) in [5, 5.41) is 2.73. The smallest absolute Gasteiger partial charge is 0.237 e. The molecule has 1 N–H and O–H groups in total. The Morgan fingerprint density at radius 3 is 2.38 bits per heavy atom. The average molecular weight is 288 g/mol. The first-order chi connectivity index (χ1) is 9.93. The molecule has 5 nitrogen and oxygen atoms in total. The van der Waals surface area contributed by atoms with Gasteiger partial charge in [0.15, 0.2) is 0 Å². The van der Waals surface area contributed by atoms with E-state index in [-0.39, 0.29) is 36.0 Å². The van der Waals surface area contributed by atoms with Crippen molar-refractivity contribution in [3.63, 3.8) is 0 Å². The molecule has 1 atom stereocenters. The maximum absolute atomic E-state index is 12.3. The van der Waals surface area contributed by atoms with E-state index in [1.165, 1.54) is 4.90 Å². The monoisotopic (exact) mass is 288 g/mol. The molecule has 2 rings (SSSR count). The predicted molar refractivity (Wildman–Crippen MR) is 80.8 cm³/mol. The van der Waals surface area contributed by atoms with Gasteiger partial charge < -0.3 is 5.32 Å². The number of carbonyl (C=O) groups is 3. The van der Waals surface area contributed by atoms with Gasteiger partial charge >= 0.3 is 0 Å². The molecular weight excluding hydrogens is 268 g/mol. The Balaban J connectivity index is 2.17. The van der Waals surface area contributed by atoms with Crippen molar-refractivity contribution in [1.82, 2.24) is 0 Å². The number of nitrogens with zero attached hydrogens (tertiary/aromatic N) is 1. The van der Waals surface area contributed by atoms with Crippen LogP contribution >= 0.6 is 0 Å². The minimum absolute atomic E-state index is 0.0732. The molecule has 1 aromatic carbocycles. The largest absolute Gasteiger partial charge is 0.326 e. The molecule has 0 aromatic heterocycles. The number of carbonyl (C=O) groups excluding carboxylic acids is 3. The third-order valence-corrected chi connectivity index (χ3v) is 3.72. The third-order valence-electron chi connectivity index (χ3n) is 3.72. The van der Waals surface area contributed by atoms with Crippen LogP contribution in [-0.2, 0) is 14.4 Å². The van der Waals surface area contributed by atoms with E-state index in [4.69, 9.17) is 0 Å². The summed E-state index contributed by atoms with van der Waals surface area (Å²) in [5.74, 6) is -0.466. The fourth-order valence-electron chi connectivity index (χ4n) is 2.39. The van der Waals surface area contributed by atoms with Gasteiger partial charge in [-0.2, -0.15) is 0 Å². The summed E-state index contributed by atoms with van der Waals surface area (Å²) in [7, 11) is 0. The van der Waals surface area contributed by atoms with Gasteiger partial charge in [0, 0.05) is 18.5 Å². The highest BCUT2D eigenvalue weighted by atomic mass is 16.2. The van der Waals surface area contributed by atoms with Crippen LogP contribution in [0.5, 0.6) is 0 Å². The number of hydrogen-bond donors (Lipinski definition) is 1. The summed E-state index contributed by atoms with van der Waals surface area (Å²) in [6.07, 6.45) is 0.672. The molecule has 0 bridgehead atoms. The summed E-state index contributed by atoms with van der Waals surface area (Å²) in [6, 6.07) is 6.77. The third kappa shape index (κ3) is 3.12. The topological polar surface area (TPSA) is 66.5 Å². The SMILES string of the molecule is CCC(=O)Nc1ccc(N2C(=O)CC(C(C)C)C2=O)cc1. The summed E-state index contributed by atoms with van der Waals surface area (Å²) < 4.78 is 0. The van der Waals surface area contributed by atoms with E-state index in [2.05, 4.69) is 5.32 Å². The van der Waals surface area contributed by atoms with Crippen LogP contribution in [0.15, 0.2) is 24.3 Å². The number of benzene rings is 1. The number of anilines is 2. The van der Waals surface area contributed by atoms with Crippen LogP contribution in [0.25, 0.3) is 0 Å².